The van der Waals surface area contributed by atoms with Crippen molar-refractivity contribution in [3.05, 3.63) is 473 Å². The van der Waals surface area contributed by atoms with E-state index in [1.807, 2.05) is 6.07 Å². The molecule has 21 aromatic carbocycles. The Bertz CT molecular complexity index is 8630. The van der Waals surface area contributed by atoms with Crippen LogP contribution in [0.2, 0.25) is 0 Å². The van der Waals surface area contributed by atoms with Crippen molar-refractivity contribution in [3.8, 4) is 100 Å². The molecule has 25 rings (SSSR count). The van der Waals surface area contributed by atoms with Crippen molar-refractivity contribution in [2.24, 2.45) is 0 Å². The Morgan fingerprint density at radius 1 is 0.172 bits per heavy atom. The summed E-state index contributed by atoms with van der Waals surface area (Å²) in [5.74, 6) is 0. The average Bonchev–Trinajstić information content (AvgIpc) is 1.35. The highest BCUT2D eigenvalue weighted by Crippen LogP contribution is 2.51. The van der Waals surface area contributed by atoms with E-state index in [0.29, 0.717) is 0 Å². The fourth-order valence-corrected chi connectivity index (χ4v) is 20.4. The molecule has 0 saturated carbocycles. The van der Waals surface area contributed by atoms with Crippen molar-refractivity contribution in [1.82, 2.24) is 9.13 Å². The normalized spacial score (nSPS) is 11.8. The van der Waals surface area contributed by atoms with Crippen LogP contribution >= 0.6 is 0 Å². The molecule has 0 bridgehead atoms. The van der Waals surface area contributed by atoms with Gasteiger partial charge in [-0.05, 0) is 210 Å². The lowest BCUT2D eigenvalue weighted by molar-refractivity contribution is 0.669. The van der Waals surface area contributed by atoms with Gasteiger partial charge in [0, 0.05) is 99.3 Å². The van der Waals surface area contributed by atoms with Crippen LogP contribution in [0.15, 0.2) is 482 Å². The summed E-state index contributed by atoms with van der Waals surface area (Å²) in [6.45, 7) is 0. The van der Waals surface area contributed by atoms with Gasteiger partial charge >= 0.3 is 0 Å². The third-order valence-electron chi connectivity index (χ3n) is 26.1. The molecule has 4 aromatic heterocycles. The summed E-state index contributed by atoms with van der Waals surface area (Å²) in [5, 5.41) is 13.9. The van der Waals surface area contributed by atoms with Gasteiger partial charge in [0.1, 0.15) is 22.3 Å². The Hall–Kier alpha value is -17.1. The van der Waals surface area contributed by atoms with Gasteiger partial charge < -0.3 is 27.8 Å². The lowest BCUT2D eigenvalue weighted by Crippen LogP contribution is -2.11. The van der Waals surface area contributed by atoms with Crippen LogP contribution in [0, 0.1) is 0 Å². The SMILES string of the molecule is c1ccc(-c2ccccc2-c2ccccc2N(c2cccc(-c3ccccc3-n3c4ccccc4c4ccccc43)c2)c2cccc(-c3cccc4c3oc3ccc(-c5cccc6c(-c7ccc(N(c8cccc(-c9ccccc9-n9c%10ccccc%10c%10ccccc%109)c8)c8cccc(-c9cccc%10c9oc9ccccc9%10)c8)cc7)cc7ccccc7c56)cc34)c2)cc1. The van der Waals surface area contributed by atoms with Gasteiger partial charge in [-0.1, -0.05) is 346 Å². The predicted octanol–water partition coefficient (Wildman–Crippen LogP) is 34.3. The van der Waals surface area contributed by atoms with Crippen molar-refractivity contribution in [1.29, 1.82) is 0 Å². The van der Waals surface area contributed by atoms with Crippen LogP contribution in [0.3, 0.4) is 0 Å². The van der Waals surface area contributed by atoms with E-state index in [0.717, 1.165) is 184 Å². The van der Waals surface area contributed by atoms with Crippen molar-refractivity contribution in [2.75, 3.05) is 9.80 Å². The first-order valence-corrected chi connectivity index (χ1v) is 43.8. The summed E-state index contributed by atoms with van der Waals surface area (Å²) < 4.78 is 18.8. The average molecular weight is 1630 g/mol. The van der Waals surface area contributed by atoms with Crippen LogP contribution in [0.5, 0.6) is 0 Å². The lowest BCUT2D eigenvalue weighted by Gasteiger charge is -2.29. The molecule has 0 atom stereocenters. The Balaban J connectivity index is 0.596. The molecule has 4 heterocycles. The molecule has 6 nitrogen and oxygen atoms in total. The number of furan rings is 2. The van der Waals surface area contributed by atoms with Crippen LogP contribution in [0.1, 0.15) is 0 Å². The molecule has 0 N–H and O–H groups in total. The molecule has 128 heavy (non-hydrogen) atoms. The van der Waals surface area contributed by atoms with Gasteiger partial charge in [0.2, 0.25) is 0 Å². The molecule has 6 heteroatoms. The monoisotopic (exact) mass is 1630 g/mol. The van der Waals surface area contributed by atoms with Crippen LogP contribution in [0.4, 0.5) is 34.1 Å². The summed E-state index contributed by atoms with van der Waals surface area (Å²) in [6, 6.07) is 173. The van der Waals surface area contributed by atoms with Gasteiger partial charge in [-0.15, -0.1) is 0 Å². The lowest BCUT2D eigenvalue weighted by atomic mass is 9.88. The highest BCUT2D eigenvalue weighted by atomic mass is 16.3. The Morgan fingerprint density at radius 3 is 1.09 bits per heavy atom. The number of benzene rings is 21. The number of hydrogen-bond acceptors (Lipinski definition) is 4. The van der Waals surface area contributed by atoms with E-state index < -0.39 is 0 Å². The molecule has 25 aromatic rings. The van der Waals surface area contributed by atoms with E-state index in [1.54, 1.807) is 0 Å². The van der Waals surface area contributed by atoms with Crippen LogP contribution in [-0.2, 0) is 0 Å². The van der Waals surface area contributed by atoms with Gasteiger partial charge in [-0.2, -0.15) is 0 Å². The molecular formula is C122H78N4O2. The minimum absolute atomic E-state index is 0.823. The topological polar surface area (TPSA) is 42.6 Å². The van der Waals surface area contributed by atoms with Crippen molar-refractivity contribution in [2.45, 2.75) is 0 Å². The van der Waals surface area contributed by atoms with Crippen molar-refractivity contribution in [3.63, 3.8) is 0 Å². The molecule has 0 aliphatic rings. The molecule has 0 aliphatic heterocycles. The summed E-state index contributed by atoms with van der Waals surface area (Å²) >= 11 is 0. The number of hydrogen-bond donors (Lipinski definition) is 0. The number of para-hydroxylation sites is 10. The molecule has 0 saturated heterocycles. The molecule has 598 valence electrons. The molecule has 0 spiro atoms. The number of aromatic nitrogens is 2. The maximum Gasteiger partial charge on any atom is 0.143 e. The highest BCUT2D eigenvalue weighted by Gasteiger charge is 2.27. The van der Waals surface area contributed by atoms with Crippen LogP contribution in [0.25, 0.3) is 209 Å². The summed E-state index contributed by atoms with van der Waals surface area (Å²) in [5.41, 5.74) is 34.1. The van der Waals surface area contributed by atoms with Gasteiger partial charge in [0.05, 0.1) is 39.1 Å². The van der Waals surface area contributed by atoms with Crippen LogP contribution in [-0.4, -0.2) is 9.13 Å². The summed E-state index contributed by atoms with van der Waals surface area (Å²) in [4.78, 5) is 4.85. The fourth-order valence-electron chi connectivity index (χ4n) is 20.4. The second-order valence-corrected chi connectivity index (χ2v) is 33.3. The van der Waals surface area contributed by atoms with Gasteiger partial charge in [0.25, 0.3) is 0 Å². The number of nitrogens with zero attached hydrogens (tertiary/aromatic N) is 4. The summed E-state index contributed by atoms with van der Waals surface area (Å²) in [7, 11) is 0. The first kappa shape index (κ1) is 73.6. The van der Waals surface area contributed by atoms with Crippen LogP contribution < -0.4 is 9.80 Å². The van der Waals surface area contributed by atoms with Gasteiger partial charge in [-0.25, -0.2) is 0 Å². The van der Waals surface area contributed by atoms with E-state index in [9.17, 15) is 0 Å². The minimum Gasteiger partial charge on any atom is -0.455 e. The zero-order chi connectivity index (χ0) is 84.3. The maximum absolute atomic E-state index is 7.21. The number of anilines is 6. The molecule has 0 aliphatic carbocycles. The van der Waals surface area contributed by atoms with Gasteiger partial charge in [-0.3, -0.25) is 0 Å². The molecule has 0 fully saturated rings. The number of rotatable bonds is 16. The molecule has 0 radical (unpaired) electrons. The second kappa shape index (κ2) is 30.5. The fraction of sp³-hybridized carbons (Fsp3) is 0. The Labute approximate surface area is 739 Å². The second-order valence-electron chi connectivity index (χ2n) is 33.3. The number of fused-ring (bicyclic) bond motifs is 15. The predicted molar refractivity (Wildman–Crippen MR) is 538 cm³/mol. The van der Waals surface area contributed by atoms with E-state index in [2.05, 4.69) is 486 Å². The summed E-state index contributed by atoms with van der Waals surface area (Å²) in [6.07, 6.45) is 0. The third kappa shape index (κ3) is 12.2. The van der Waals surface area contributed by atoms with E-state index in [4.69, 9.17) is 8.83 Å². The van der Waals surface area contributed by atoms with Gasteiger partial charge in [0.15, 0.2) is 0 Å². The van der Waals surface area contributed by atoms with Crippen molar-refractivity contribution < 1.29 is 8.83 Å². The standard InChI is InChI=1S/C122H78N4O2/c1-2-31-79(32-3-1)92-42-6-7-46-99(92)100-47-10-18-61-113(100)124(90-40-25-35-82(74-90)94-44-9-17-60-112(94)126-116-64-21-13-50-103(116)104-51-14-22-65-117(104)126)91-41-27-37-84(76-91)98-55-30-58-108-110-78-86(69-72-119(110)128-122(98)108)96-53-28-56-106-109(77-85-33-4-5-45-95(85)120(96)106)80-67-70-87(71-68-80)123(89-39-26-36-83(75-89)97-54-29-57-107-105-52-15-23-66-118(105)127-121(97)107)88-38-24-34-81(73-88)93-43-8-16-59-111(93)125-114-62-19-11-48-101(114)102-49-12-20-63-115(102)125/h1-78H. The zero-order valence-electron chi connectivity index (χ0n) is 69.6. The van der Waals surface area contributed by atoms with Crippen molar-refractivity contribution >= 4 is 143 Å². The molecule has 0 amide bonds. The highest BCUT2D eigenvalue weighted by molar-refractivity contribution is 6.21. The van der Waals surface area contributed by atoms with E-state index >= 15 is 0 Å². The molecular weight excluding hydrogens is 1550 g/mol. The first-order valence-electron chi connectivity index (χ1n) is 43.8. The smallest absolute Gasteiger partial charge is 0.143 e. The van der Waals surface area contributed by atoms with E-state index in [-0.39, 0.29) is 0 Å². The quantitative estimate of drug-likeness (QED) is 0.0904. The third-order valence-corrected chi connectivity index (χ3v) is 26.1. The first-order chi connectivity index (χ1) is 63.5. The minimum atomic E-state index is 0.823. The largest absolute Gasteiger partial charge is 0.455 e. The zero-order valence-corrected chi connectivity index (χ0v) is 69.6. The maximum atomic E-state index is 7.21. The Morgan fingerprint density at radius 2 is 0.531 bits per heavy atom. The molecule has 0 unspecified atom stereocenters. The Kier molecular flexibility index (Phi) is 17.5. The van der Waals surface area contributed by atoms with E-state index in [1.165, 1.54) is 59.8 Å².